The number of aromatic amines is 2. The predicted molar refractivity (Wildman–Crippen MR) is 131 cm³/mol. The molecular formula is C25H18BrMnN5. The number of hydrogen-bond acceptors (Lipinski definition) is 3. The van der Waals surface area contributed by atoms with Gasteiger partial charge in [0.1, 0.15) is 0 Å². The molecule has 1 radical (unpaired) electrons. The summed E-state index contributed by atoms with van der Waals surface area (Å²) in [5.74, 6) is 0. The molecule has 0 atom stereocenters. The van der Waals surface area contributed by atoms with Crippen molar-refractivity contribution in [2.45, 2.75) is 0 Å². The fourth-order valence-electron chi connectivity index (χ4n) is 3.29. The molecule has 0 spiro atoms. The van der Waals surface area contributed by atoms with Crippen molar-refractivity contribution in [3.8, 4) is 0 Å². The second kappa shape index (κ2) is 9.92. The number of fused-ring (bicyclic) bond motifs is 8. The summed E-state index contributed by atoms with van der Waals surface area (Å²) in [6, 6.07) is 20.2. The van der Waals surface area contributed by atoms with E-state index in [1.54, 1.807) is 12.4 Å². The van der Waals surface area contributed by atoms with Gasteiger partial charge < -0.3 is 9.97 Å². The van der Waals surface area contributed by atoms with E-state index in [0.717, 1.165) is 49.3 Å². The molecule has 5 nitrogen and oxygen atoms in total. The summed E-state index contributed by atoms with van der Waals surface area (Å²) < 4.78 is 1.02. The van der Waals surface area contributed by atoms with Gasteiger partial charge in [-0.15, -0.1) is 0 Å². The van der Waals surface area contributed by atoms with Crippen LogP contribution >= 0.6 is 15.9 Å². The zero-order valence-corrected chi connectivity index (χ0v) is 19.6. The molecule has 0 fully saturated rings. The third-order valence-electron chi connectivity index (χ3n) is 4.67. The number of nitrogens with zero attached hydrogens (tertiary/aromatic N) is 3. The van der Waals surface area contributed by atoms with E-state index in [4.69, 9.17) is 0 Å². The van der Waals surface area contributed by atoms with Gasteiger partial charge in [0.15, 0.2) is 0 Å². The number of rotatable bonds is 0. The first-order valence-electron chi connectivity index (χ1n) is 9.80. The standard InChI is InChI=1S/C20H14N4.C5H4BrN.Mn/c1-2-14-10-16-5-6-18(23-16)12-20-8-7-19(24-20)11-17-4-3-15(22-17)9-13(1)21-14;6-5-2-1-3-7-4-5;/h1-12,21,24H;1-4H;. The monoisotopic (exact) mass is 522 g/mol. The van der Waals surface area contributed by atoms with Crippen molar-refractivity contribution in [3.63, 3.8) is 0 Å². The molecule has 0 amide bonds. The van der Waals surface area contributed by atoms with Crippen LogP contribution in [0.15, 0.2) is 77.5 Å². The zero-order valence-electron chi connectivity index (χ0n) is 16.8. The van der Waals surface area contributed by atoms with Gasteiger partial charge in [-0.2, -0.15) is 0 Å². The first-order chi connectivity index (χ1) is 15.2. The number of halogens is 1. The summed E-state index contributed by atoms with van der Waals surface area (Å²) in [6.45, 7) is 0. The molecule has 8 bridgehead atoms. The van der Waals surface area contributed by atoms with Gasteiger partial charge in [0.25, 0.3) is 0 Å². The van der Waals surface area contributed by atoms with Gasteiger partial charge in [0.05, 0.1) is 22.8 Å². The minimum atomic E-state index is 0. The van der Waals surface area contributed by atoms with Gasteiger partial charge in [-0.25, -0.2) is 9.97 Å². The second-order valence-electron chi connectivity index (χ2n) is 7.08. The first-order valence-corrected chi connectivity index (χ1v) is 10.6. The van der Waals surface area contributed by atoms with Crippen molar-refractivity contribution in [1.29, 1.82) is 0 Å². The smallest absolute Gasteiger partial charge is 0.0658 e. The molecular weight excluding hydrogens is 505 g/mol. The van der Waals surface area contributed by atoms with E-state index < -0.39 is 0 Å². The van der Waals surface area contributed by atoms with E-state index in [9.17, 15) is 0 Å². The van der Waals surface area contributed by atoms with E-state index in [-0.39, 0.29) is 17.1 Å². The van der Waals surface area contributed by atoms with E-state index in [2.05, 4.69) is 65.1 Å². The number of nitrogens with one attached hydrogen (secondary N) is 2. The van der Waals surface area contributed by atoms with E-state index >= 15 is 0 Å². The second-order valence-corrected chi connectivity index (χ2v) is 7.99. The average Bonchev–Trinajstić information content (AvgIpc) is 3.55. The molecule has 2 aliphatic heterocycles. The van der Waals surface area contributed by atoms with Gasteiger partial charge in [0.2, 0.25) is 0 Å². The van der Waals surface area contributed by atoms with Crippen LogP contribution in [0.2, 0.25) is 0 Å². The Morgan fingerprint density at radius 1 is 0.594 bits per heavy atom. The maximum absolute atomic E-state index is 4.63. The van der Waals surface area contributed by atoms with Gasteiger partial charge in [0, 0.05) is 56.0 Å². The topological polar surface area (TPSA) is 70.2 Å². The molecule has 0 saturated carbocycles. The first kappa shape index (κ1) is 22.0. The molecule has 0 unspecified atom stereocenters. The van der Waals surface area contributed by atoms with Crippen LogP contribution in [0.25, 0.3) is 46.4 Å². The van der Waals surface area contributed by atoms with Crippen LogP contribution in [0.3, 0.4) is 0 Å². The van der Waals surface area contributed by atoms with E-state index in [0.29, 0.717) is 0 Å². The summed E-state index contributed by atoms with van der Waals surface area (Å²) in [5, 5.41) is 0. The SMILES string of the molecule is Brc1cccnc1.C1=Cc2cc3ccc(cc4nc(cc5ccc(cc1n2)[nH]5)C=C4)[nH]3.[Mn]. The Bertz CT molecular complexity index is 1280. The Balaban J connectivity index is 0.000000265. The Morgan fingerprint density at radius 3 is 1.28 bits per heavy atom. The molecule has 0 aliphatic carbocycles. The van der Waals surface area contributed by atoms with Gasteiger partial charge >= 0.3 is 0 Å². The molecule has 2 N–H and O–H groups in total. The van der Waals surface area contributed by atoms with E-state index in [1.165, 1.54) is 0 Å². The minimum Gasteiger partial charge on any atom is -0.355 e. The molecule has 157 valence electrons. The normalized spacial score (nSPS) is 11.4. The number of aromatic nitrogens is 5. The molecule has 4 aromatic heterocycles. The Kier molecular flexibility index (Phi) is 6.80. The molecule has 4 aromatic rings. The van der Waals surface area contributed by atoms with Gasteiger partial charge in [-0.1, -0.05) is 0 Å². The molecule has 0 aromatic carbocycles. The van der Waals surface area contributed by atoms with Crippen LogP contribution in [-0.4, -0.2) is 24.9 Å². The van der Waals surface area contributed by atoms with Crippen LogP contribution in [0, 0.1) is 0 Å². The number of hydrogen-bond donors (Lipinski definition) is 2. The number of H-pyrrole nitrogens is 2. The molecule has 2 aliphatic rings. The Labute approximate surface area is 204 Å². The van der Waals surface area contributed by atoms with Gasteiger partial charge in [-0.05, 0) is 101 Å². The minimum absolute atomic E-state index is 0. The Morgan fingerprint density at radius 2 is 1.00 bits per heavy atom. The maximum Gasteiger partial charge on any atom is 0.0658 e. The van der Waals surface area contributed by atoms with Crippen molar-refractivity contribution >= 4 is 62.3 Å². The average molecular weight is 523 g/mol. The molecule has 32 heavy (non-hydrogen) atoms. The van der Waals surface area contributed by atoms with Crippen molar-refractivity contribution < 1.29 is 17.1 Å². The van der Waals surface area contributed by atoms with Crippen molar-refractivity contribution in [1.82, 2.24) is 24.9 Å². The van der Waals surface area contributed by atoms with Crippen LogP contribution in [0.5, 0.6) is 0 Å². The van der Waals surface area contributed by atoms with Gasteiger partial charge in [-0.3, -0.25) is 4.98 Å². The fourth-order valence-corrected chi connectivity index (χ4v) is 3.56. The van der Waals surface area contributed by atoms with Crippen molar-refractivity contribution in [2.24, 2.45) is 0 Å². The summed E-state index contributed by atoms with van der Waals surface area (Å²) in [4.78, 5) is 19.9. The molecule has 6 heterocycles. The van der Waals surface area contributed by atoms with Crippen molar-refractivity contribution in [2.75, 3.05) is 0 Å². The molecule has 7 heteroatoms. The zero-order chi connectivity index (χ0) is 21.0. The Hall–Kier alpha value is -3.25. The molecule has 6 rings (SSSR count). The van der Waals surface area contributed by atoms with Crippen LogP contribution in [0.1, 0.15) is 22.8 Å². The molecule has 0 saturated heterocycles. The third kappa shape index (κ3) is 5.51. The van der Waals surface area contributed by atoms with Crippen molar-refractivity contribution in [3.05, 3.63) is 100 Å². The largest absolute Gasteiger partial charge is 0.355 e. The number of pyridine rings is 1. The van der Waals surface area contributed by atoms with Crippen LogP contribution in [0.4, 0.5) is 0 Å². The predicted octanol–water partition coefficient (Wildman–Crippen LogP) is 6.50. The van der Waals surface area contributed by atoms with Crippen LogP contribution < -0.4 is 0 Å². The summed E-state index contributed by atoms with van der Waals surface area (Å²) in [7, 11) is 0. The fraction of sp³-hybridized carbons (Fsp3) is 0. The maximum atomic E-state index is 4.63. The summed E-state index contributed by atoms with van der Waals surface area (Å²) in [6.07, 6.45) is 11.6. The van der Waals surface area contributed by atoms with E-state index in [1.807, 2.05) is 60.7 Å². The van der Waals surface area contributed by atoms with Crippen LogP contribution in [-0.2, 0) is 17.1 Å². The quantitative estimate of drug-likeness (QED) is 0.224. The summed E-state index contributed by atoms with van der Waals surface area (Å²) in [5.41, 5.74) is 7.86. The summed E-state index contributed by atoms with van der Waals surface area (Å²) >= 11 is 3.25. The third-order valence-corrected chi connectivity index (χ3v) is 5.14.